The van der Waals surface area contributed by atoms with Gasteiger partial charge < -0.3 is 4.74 Å². The molecule has 6 heteroatoms. The van der Waals surface area contributed by atoms with Crippen molar-refractivity contribution in [3.63, 3.8) is 0 Å². The van der Waals surface area contributed by atoms with Crippen molar-refractivity contribution in [1.82, 2.24) is 14.8 Å². The lowest BCUT2D eigenvalue weighted by Crippen LogP contribution is -1.96. The molecule has 0 radical (unpaired) electrons. The number of thiazole rings is 1. The van der Waals surface area contributed by atoms with Gasteiger partial charge in [0.2, 0.25) is 0 Å². The van der Waals surface area contributed by atoms with Crippen molar-refractivity contribution in [2.75, 3.05) is 7.11 Å². The molecule has 0 aliphatic rings. The third-order valence-electron chi connectivity index (χ3n) is 2.17. The Morgan fingerprint density at radius 3 is 3.00 bits per heavy atom. The molecule has 0 atom stereocenters. The summed E-state index contributed by atoms with van der Waals surface area (Å²) in [6.45, 7) is 0. The number of hydrogen-bond acceptors (Lipinski definition) is 5. The SMILES string of the molecule is COC(=O)c1cnc(/C=C/c2ccnn2C)s1. The van der Waals surface area contributed by atoms with Crippen LogP contribution in [0, 0.1) is 0 Å². The Morgan fingerprint density at radius 2 is 2.35 bits per heavy atom. The summed E-state index contributed by atoms with van der Waals surface area (Å²) in [5, 5.41) is 4.81. The second kappa shape index (κ2) is 4.92. The van der Waals surface area contributed by atoms with E-state index in [1.54, 1.807) is 10.9 Å². The zero-order chi connectivity index (χ0) is 12.3. The fourth-order valence-electron chi connectivity index (χ4n) is 1.26. The highest BCUT2D eigenvalue weighted by Crippen LogP contribution is 2.16. The standard InChI is InChI=1S/C11H11N3O2S/c1-14-8(5-6-13-14)3-4-10-12-7-9(17-10)11(15)16-2/h3-7H,1-2H3/b4-3+. The number of carbonyl (C=O) groups excluding carboxylic acids is 1. The summed E-state index contributed by atoms with van der Waals surface area (Å²) < 4.78 is 6.37. The van der Waals surface area contributed by atoms with Gasteiger partial charge in [0, 0.05) is 13.2 Å². The quantitative estimate of drug-likeness (QED) is 0.779. The number of aryl methyl sites for hydroxylation is 1. The smallest absolute Gasteiger partial charge is 0.349 e. The van der Waals surface area contributed by atoms with Gasteiger partial charge in [-0.25, -0.2) is 9.78 Å². The largest absolute Gasteiger partial charge is 0.465 e. The van der Waals surface area contributed by atoms with Crippen LogP contribution in [0.5, 0.6) is 0 Å². The lowest BCUT2D eigenvalue weighted by atomic mass is 10.4. The average Bonchev–Trinajstić information content (AvgIpc) is 2.94. The van der Waals surface area contributed by atoms with E-state index in [1.165, 1.54) is 24.6 Å². The van der Waals surface area contributed by atoms with E-state index in [1.807, 2.05) is 25.3 Å². The highest BCUT2D eigenvalue weighted by Gasteiger charge is 2.08. The minimum atomic E-state index is -0.359. The van der Waals surface area contributed by atoms with Crippen molar-refractivity contribution in [2.45, 2.75) is 0 Å². The normalized spacial score (nSPS) is 10.9. The second-order valence-electron chi connectivity index (χ2n) is 3.27. The third kappa shape index (κ3) is 2.59. The van der Waals surface area contributed by atoms with Gasteiger partial charge in [-0.05, 0) is 18.2 Å². The molecule has 0 spiro atoms. The Labute approximate surface area is 102 Å². The molecule has 2 aromatic heterocycles. The van der Waals surface area contributed by atoms with Crippen molar-refractivity contribution in [3.05, 3.63) is 34.0 Å². The number of esters is 1. The van der Waals surface area contributed by atoms with E-state index in [2.05, 4.69) is 14.8 Å². The summed E-state index contributed by atoms with van der Waals surface area (Å²) in [6, 6.07) is 1.89. The summed E-state index contributed by atoms with van der Waals surface area (Å²) in [5.41, 5.74) is 0.972. The Hall–Kier alpha value is -1.95. The molecule has 0 saturated carbocycles. The van der Waals surface area contributed by atoms with Crippen LogP contribution in [-0.4, -0.2) is 27.8 Å². The minimum Gasteiger partial charge on any atom is -0.465 e. The maximum absolute atomic E-state index is 11.2. The molecule has 2 rings (SSSR count). The van der Waals surface area contributed by atoms with Gasteiger partial charge in [-0.15, -0.1) is 11.3 Å². The fraction of sp³-hybridized carbons (Fsp3) is 0.182. The topological polar surface area (TPSA) is 57.0 Å². The minimum absolute atomic E-state index is 0.359. The van der Waals surface area contributed by atoms with Gasteiger partial charge in [-0.2, -0.15) is 5.10 Å². The number of rotatable bonds is 3. The average molecular weight is 249 g/mol. The number of hydrogen-bond donors (Lipinski definition) is 0. The predicted octanol–water partition coefficient (Wildman–Crippen LogP) is 1.83. The molecular formula is C11H11N3O2S. The highest BCUT2D eigenvalue weighted by molar-refractivity contribution is 7.14. The van der Waals surface area contributed by atoms with E-state index in [0.29, 0.717) is 4.88 Å². The zero-order valence-electron chi connectivity index (χ0n) is 9.45. The van der Waals surface area contributed by atoms with Crippen molar-refractivity contribution >= 4 is 29.5 Å². The molecule has 0 unspecified atom stereocenters. The van der Waals surface area contributed by atoms with Crippen LogP contribution < -0.4 is 0 Å². The Balaban J connectivity index is 2.14. The van der Waals surface area contributed by atoms with Crippen LogP contribution in [0.2, 0.25) is 0 Å². The van der Waals surface area contributed by atoms with Crippen LogP contribution in [0.1, 0.15) is 20.4 Å². The molecule has 0 saturated heterocycles. The van der Waals surface area contributed by atoms with Gasteiger partial charge in [0.25, 0.3) is 0 Å². The summed E-state index contributed by atoms with van der Waals surface area (Å²) in [4.78, 5) is 15.8. The lowest BCUT2D eigenvalue weighted by Gasteiger charge is -1.92. The third-order valence-corrected chi connectivity index (χ3v) is 3.11. The molecule has 0 amide bonds. The second-order valence-corrected chi connectivity index (χ2v) is 4.33. The molecule has 0 N–H and O–H groups in total. The van der Waals surface area contributed by atoms with Crippen LogP contribution in [0.25, 0.3) is 12.2 Å². The van der Waals surface area contributed by atoms with Gasteiger partial charge >= 0.3 is 5.97 Å². The Kier molecular flexibility index (Phi) is 3.34. The van der Waals surface area contributed by atoms with Crippen molar-refractivity contribution in [2.24, 2.45) is 7.05 Å². The van der Waals surface area contributed by atoms with Gasteiger partial charge in [0.15, 0.2) is 0 Å². The fourth-order valence-corrected chi connectivity index (χ4v) is 2.00. The molecule has 0 aliphatic carbocycles. The first kappa shape index (κ1) is 11.5. The molecule has 17 heavy (non-hydrogen) atoms. The molecule has 0 aromatic carbocycles. The van der Waals surface area contributed by atoms with E-state index in [9.17, 15) is 4.79 Å². The summed E-state index contributed by atoms with van der Waals surface area (Å²) in [6.07, 6.45) is 6.97. The molecule has 0 bridgehead atoms. The zero-order valence-corrected chi connectivity index (χ0v) is 10.3. The number of carbonyl (C=O) groups is 1. The summed E-state index contributed by atoms with van der Waals surface area (Å²) in [7, 11) is 3.22. The van der Waals surface area contributed by atoms with E-state index < -0.39 is 0 Å². The van der Waals surface area contributed by atoms with Gasteiger partial charge in [0.05, 0.1) is 19.0 Å². The lowest BCUT2D eigenvalue weighted by molar-refractivity contribution is 0.0606. The van der Waals surface area contributed by atoms with Crippen LogP contribution in [0.3, 0.4) is 0 Å². The summed E-state index contributed by atoms with van der Waals surface area (Å²) in [5.74, 6) is -0.359. The first-order valence-electron chi connectivity index (χ1n) is 4.91. The predicted molar refractivity (Wildman–Crippen MR) is 65.6 cm³/mol. The first-order chi connectivity index (χ1) is 8.20. The number of nitrogens with zero attached hydrogens (tertiary/aromatic N) is 3. The van der Waals surface area contributed by atoms with Crippen LogP contribution in [-0.2, 0) is 11.8 Å². The number of ether oxygens (including phenoxy) is 1. The highest BCUT2D eigenvalue weighted by atomic mass is 32.1. The molecule has 0 fully saturated rings. The Morgan fingerprint density at radius 1 is 1.53 bits per heavy atom. The first-order valence-corrected chi connectivity index (χ1v) is 5.72. The molecule has 5 nitrogen and oxygen atoms in total. The van der Waals surface area contributed by atoms with Gasteiger partial charge in [-0.1, -0.05) is 0 Å². The molecule has 0 aliphatic heterocycles. The van der Waals surface area contributed by atoms with Crippen molar-refractivity contribution in [1.29, 1.82) is 0 Å². The van der Waals surface area contributed by atoms with Gasteiger partial charge in [0.1, 0.15) is 9.88 Å². The van der Waals surface area contributed by atoms with E-state index >= 15 is 0 Å². The van der Waals surface area contributed by atoms with Gasteiger partial charge in [-0.3, -0.25) is 4.68 Å². The van der Waals surface area contributed by atoms with E-state index in [4.69, 9.17) is 0 Å². The van der Waals surface area contributed by atoms with Crippen molar-refractivity contribution in [3.8, 4) is 0 Å². The molecule has 88 valence electrons. The van der Waals surface area contributed by atoms with Crippen LogP contribution >= 0.6 is 11.3 Å². The van der Waals surface area contributed by atoms with Crippen molar-refractivity contribution < 1.29 is 9.53 Å². The molecule has 2 aromatic rings. The van der Waals surface area contributed by atoms with E-state index in [-0.39, 0.29) is 5.97 Å². The number of methoxy groups -OCH3 is 1. The maximum atomic E-state index is 11.2. The van der Waals surface area contributed by atoms with Crippen LogP contribution in [0.4, 0.5) is 0 Å². The number of aromatic nitrogens is 3. The van der Waals surface area contributed by atoms with E-state index in [0.717, 1.165) is 10.7 Å². The molecule has 2 heterocycles. The van der Waals surface area contributed by atoms with Crippen LogP contribution in [0.15, 0.2) is 18.5 Å². The summed E-state index contributed by atoms with van der Waals surface area (Å²) >= 11 is 1.29. The monoisotopic (exact) mass is 249 g/mol. The maximum Gasteiger partial charge on any atom is 0.349 e. The molecular weight excluding hydrogens is 238 g/mol. The Bertz CT molecular complexity index is 557.